The van der Waals surface area contributed by atoms with Crippen LogP contribution in [0.5, 0.6) is 0 Å². The maximum Gasteiger partial charge on any atom is 0.220 e. The highest BCUT2D eigenvalue weighted by molar-refractivity contribution is 5.76. The summed E-state index contributed by atoms with van der Waals surface area (Å²) in [6, 6.07) is 0. The Labute approximate surface area is 167 Å². The molecule has 0 radical (unpaired) electrons. The third-order valence-corrected chi connectivity index (χ3v) is 6.18. The molecule has 7 nitrogen and oxygen atoms in total. The highest BCUT2D eigenvalue weighted by Crippen LogP contribution is 2.31. The highest BCUT2D eigenvalue weighted by Gasteiger charge is 2.32. The lowest BCUT2D eigenvalue weighted by atomic mass is 9.80. The Hall–Kier alpha value is -1.57. The summed E-state index contributed by atoms with van der Waals surface area (Å²) >= 11 is 0. The number of ether oxygens (including phenoxy) is 1. The van der Waals surface area contributed by atoms with Gasteiger partial charge in [-0.1, -0.05) is 13.8 Å². The lowest BCUT2D eigenvalue weighted by molar-refractivity contribution is -0.124. The van der Waals surface area contributed by atoms with E-state index in [4.69, 9.17) is 4.74 Å². The third-order valence-electron chi connectivity index (χ3n) is 6.18. The maximum atomic E-state index is 12.5. The first kappa shape index (κ1) is 21.1. The van der Waals surface area contributed by atoms with Crippen LogP contribution in [0, 0.1) is 17.3 Å². The summed E-state index contributed by atoms with van der Waals surface area (Å²) in [5.41, 5.74) is 0.755. The molecule has 2 N–H and O–H groups in total. The van der Waals surface area contributed by atoms with Gasteiger partial charge >= 0.3 is 0 Å². The zero-order chi connectivity index (χ0) is 20.0. The molecule has 2 fully saturated rings. The van der Waals surface area contributed by atoms with E-state index in [9.17, 15) is 9.90 Å². The molecule has 0 spiro atoms. The van der Waals surface area contributed by atoms with Gasteiger partial charge in [-0.2, -0.15) is 0 Å². The Kier molecular flexibility index (Phi) is 7.37. The minimum atomic E-state index is -0.608. The van der Waals surface area contributed by atoms with Gasteiger partial charge in [-0.25, -0.2) is 9.97 Å². The van der Waals surface area contributed by atoms with Gasteiger partial charge in [-0.3, -0.25) is 9.69 Å². The molecule has 2 saturated heterocycles. The number of aliphatic hydroxyl groups excluding tert-OH is 1. The van der Waals surface area contributed by atoms with Crippen molar-refractivity contribution in [2.45, 2.75) is 52.2 Å². The van der Waals surface area contributed by atoms with Crippen LogP contribution in [0.15, 0.2) is 18.7 Å². The smallest absolute Gasteiger partial charge is 0.220 e. The monoisotopic (exact) mass is 390 g/mol. The van der Waals surface area contributed by atoms with Crippen molar-refractivity contribution < 1.29 is 14.6 Å². The molecule has 2 aliphatic rings. The fourth-order valence-electron chi connectivity index (χ4n) is 4.24. The number of amides is 1. The number of hydrogen-bond acceptors (Lipinski definition) is 6. The number of fused-ring (bicyclic) bond motifs is 1. The first-order chi connectivity index (χ1) is 13.4. The van der Waals surface area contributed by atoms with Gasteiger partial charge < -0.3 is 15.2 Å². The van der Waals surface area contributed by atoms with Crippen LogP contribution in [0.2, 0.25) is 0 Å². The van der Waals surface area contributed by atoms with Crippen molar-refractivity contribution in [3.05, 3.63) is 24.3 Å². The number of carbonyl (C=O) groups excluding carboxylic acids is 1. The van der Waals surface area contributed by atoms with Crippen molar-refractivity contribution in [1.29, 1.82) is 0 Å². The SMILES string of the molecule is CC1(C)COCCC[C@H]2CN(Cc3cncnc3)CC[C@H]2CC(=O)NCC1O. The molecule has 2 aliphatic heterocycles. The highest BCUT2D eigenvalue weighted by atomic mass is 16.5. The van der Waals surface area contributed by atoms with Crippen LogP contribution in [-0.2, 0) is 16.1 Å². The molecule has 1 unspecified atom stereocenters. The number of aromatic nitrogens is 2. The molecule has 0 aliphatic carbocycles. The van der Waals surface area contributed by atoms with Crippen LogP contribution in [0.3, 0.4) is 0 Å². The Morgan fingerprint density at radius 3 is 2.86 bits per heavy atom. The molecule has 0 bridgehead atoms. The summed E-state index contributed by atoms with van der Waals surface area (Å²) in [7, 11) is 0. The number of β-amino-alcohol motifs (C(OH)–C–C–N with tert-alkyl or cyclic N) is 1. The average molecular weight is 391 g/mol. The maximum absolute atomic E-state index is 12.5. The largest absolute Gasteiger partial charge is 0.391 e. The Balaban J connectivity index is 1.62. The lowest BCUT2D eigenvalue weighted by Crippen LogP contribution is -2.44. The van der Waals surface area contributed by atoms with Crippen molar-refractivity contribution in [3.63, 3.8) is 0 Å². The van der Waals surface area contributed by atoms with Gasteiger partial charge in [0.05, 0.1) is 12.7 Å². The molecular weight excluding hydrogens is 356 g/mol. The second kappa shape index (κ2) is 9.76. The quantitative estimate of drug-likeness (QED) is 0.798. The summed E-state index contributed by atoms with van der Waals surface area (Å²) < 4.78 is 5.86. The van der Waals surface area contributed by atoms with Crippen LogP contribution < -0.4 is 5.32 Å². The molecule has 1 aromatic rings. The zero-order valence-electron chi connectivity index (χ0n) is 17.1. The Bertz CT molecular complexity index is 625. The molecule has 1 aromatic heterocycles. The molecule has 7 heteroatoms. The van der Waals surface area contributed by atoms with E-state index in [1.165, 1.54) is 0 Å². The number of piperidine rings is 1. The van der Waals surface area contributed by atoms with Gasteiger partial charge in [0, 0.05) is 56.0 Å². The van der Waals surface area contributed by atoms with E-state index in [0.717, 1.165) is 44.5 Å². The van der Waals surface area contributed by atoms with Gasteiger partial charge in [0.2, 0.25) is 5.91 Å². The molecular formula is C21H34N4O3. The van der Waals surface area contributed by atoms with Crippen LogP contribution in [0.1, 0.15) is 45.1 Å². The lowest BCUT2D eigenvalue weighted by Gasteiger charge is -2.38. The zero-order valence-corrected chi connectivity index (χ0v) is 17.1. The molecule has 28 heavy (non-hydrogen) atoms. The number of aliphatic hydroxyl groups is 1. The van der Waals surface area contributed by atoms with E-state index in [-0.39, 0.29) is 17.9 Å². The summed E-state index contributed by atoms with van der Waals surface area (Å²) in [5, 5.41) is 13.3. The number of rotatable bonds is 2. The minimum Gasteiger partial charge on any atom is -0.391 e. The van der Waals surface area contributed by atoms with Gasteiger partial charge in [-0.05, 0) is 37.6 Å². The van der Waals surface area contributed by atoms with E-state index < -0.39 is 6.10 Å². The topological polar surface area (TPSA) is 87.6 Å². The minimum absolute atomic E-state index is 0.0509. The van der Waals surface area contributed by atoms with Crippen LogP contribution in [0.25, 0.3) is 0 Å². The van der Waals surface area contributed by atoms with Gasteiger partial charge in [0.25, 0.3) is 0 Å². The third kappa shape index (κ3) is 5.96. The molecule has 3 atom stereocenters. The summed E-state index contributed by atoms with van der Waals surface area (Å²) in [6.45, 7) is 8.27. The van der Waals surface area contributed by atoms with Gasteiger partial charge in [-0.15, -0.1) is 0 Å². The van der Waals surface area contributed by atoms with E-state index in [1.54, 1.807) is 6.33 Å². The van der Waals surface area contributed by atoms with E-state index in [0.29, 0.717) is 31.5 Å². The van der Waals surface area contributed by atoms with Crippen molar-refractivity contribution in [3.8, 4) is 0 Å². The number of nitrogens with zero attached hydrogens (tertiary/aromatic N) is 3. The van der Waals surface area contributed by atoms with Crippen molar-refractivity contribution >= 4 is 5.91 Å². The first-order valence-corrected chi connectivity index (χ1v) is 10.4. The fourth-order valence-corrected chi connectivity index (χ4v) is 4.24. The Morgan fingerprint density at radius 1 is 1.29 bits per heavy atom. The van der Waals surface area contributed by atoms with E-state index in [2.05, 4.69) is 20.2 Å². The van der Waals surface area contributed by atoms with Gasteiger partial charge in [0.15, 0.2) is 0 Å². The standard InChI is InChI=1S/C21H34N4O3/c1-21(2)14-28-7-3-4-18-13-25(12-16-9-22-15-23-10-16)6-5-17(18)8-20(27)24-11-19(21)26/h9-10,15,17-19,26H,3-8,11-14H2,1-2H3,(H,24,27)/t17-,18-,19?/m0/s1. The van der Waals surface area contributed by atoms with Gasteiger partial charge in [0.1, 0.15) is 6.33 Å². The van der Waals surface area contributed by atoms with Crippen molar-refractivity contribution in [2.24, 2.45) is 17.3 Å². The van der Waals surface area contributed by atoms with E-state index >= 15 is 0 Å². The molecule has 0 aromatic carbocycles. The number of nitrogens with one attached hydrogen (secondary N) is 1. The molecule has 0 saturated carbocycles. The predicted octanol–water partition coefficient (Wildman–Crippen LogP) is 1.62. The Morgan fingerprint density at radius 2 is 2.07 bits per heavy atom. The predicted molar refractivity (Wildman–Crippen MR) is 106 cm³/mol. The average Bonchev–Trinajstić information content (AvgIpc) is 2.68. The first-order valence-electron chi connectivity index (χ1n) is 10.4. The van der Waals surface area contributed by atoms with Crippen molar-refractivity contribution in [2.75, 3.05) is 32.8 Å². The molecule has 1 amide bonds. The fraction of sp³-hybridized carbons (Fsp3) is 0.762. The number of likely N-dealkylation sites (tertiary alicyclic amines) is 1. The van der Waals surface area contributed by atoms with Crippen LogP contribution in [-0.4, -0.2) is 64.8 Å². The second-order valence-electron chi connectivity index (χ2n) is 9.00. The normalized spacial score (nSPS) is 30.2. The van der Waals surface area contributed by atoms with E-state index in [1.807, 2.05) is 26.2 Å². The molecule has 156 valence electrons. The van der Waals surface area contributed by atoms with Crippen LogP contribution >= 0.6 is 0 Å². The second-order valence-corrected chi connectivity index (χ2v) is 9.00. The van der Waals surface area contributed by atoms with Crippen LogP contribution in [0.4, 0.5) is 0 Å². The number of carbonyl (C=O) groups is 1. The summed E-state index contributed by atoms with van der Waals surface area (Å²) in [6.07, 6.45) is 8.29. The molecule has 3 heterocycles. The number of hydrogen-bond donors (Lipinski definition) is 2. The summed E-state index contributed by atoms with van der Waals surface area (Å²) in [5.74, 6) is 0.913. The van der Waals surface area contributed by atoms with Crippen molar-refractivity contribution in [1.82, 2.24) is 20.2 Å². The summed E-state index contributed by atoms with van der Waals surface area (Å²) in [4.78, 5) is 23.2. The molecule has 3 rings (SSSR count).